The van der Waals surface area contributed by atoms with Crippen LogP contribution in [0.5, 0.6) is 0 Å². The number of aryl methyl sites for hydroxylation is 1. The van der Waals surface area contributed by atoms with E-state index >= 15 is 0 Å². The third kappa shape index (κ3) is 3.00. The fraction of sp³-hybridized carbons (Fsp3) is 0.500. The fourth-order valence-electron chi connectivity index (χ4n) is 2.36. The largest absolute Gasteiger partial charge is 0.326 e. The maximum atomic E-state index is 12.1. The highest BCUT2D eigenvalue weighted by molar-refractivity contribution is 9.10. The Morgan fingerprint density at radius 1 is 1.33 bits per heavy atom. The molecule has 0 spiro atoms. The van der Waals surface area contributed by atoms with E-state index in [0.717, 1.165) is 28.6 Å². The summed E-state index contributed by atoms with van der Waals surface area (Å²) in [5, 5.41) is 2.65. The van der Waals surface area contributed by atoms with Crippen LogP contribution in [-0.4, -0.2) is 37.0 Å². The predicted molar refractivity (Wildman–Crippen MR) is 84.5 cm³/mol. The molecule has 1 aromatic rings. The first kappa shape index (κ1) is 15.0. The smallest absolute Gasteiger partial charge is 0.230 e. The maximum absolute atomic E-state index is 12.1. The molecule has 0 aromatic heterocycles. The molecule has 1 saturated heterocycles. The molecule has 114 valence electrons. The Balaban J connectivity index is 1.57. The molecule has 1 heterocycles. The van der Waals surface area contributed by atoms with Crippen molar-refractivity contribution in [2.24, 2.45) is 5.92 Å². The van der Waals surface area contributed by atoms with E-state index in [0.29, 0.717) is 13.1 Å². The number of nitrogens with zero attached hydrogens (tertiary/aromatic N) is 1. The number of rotatable bonds is 4. The van der Waals surface area contributed by atoms with Crippen LogP contribution in [0.4, 0.5) is 5.69 Å². The molecule has 1 aromatic carbocycles. The minimum Gasteiger partial charge on any atom is -0.326 e. The van der Waals surface area contributed by atoms with Gasteiger partial charge < -0.3 is 5.32 Å². The van der Waals surface area contributed by atoms with Crippen molar-refractivity contribution in [1.82, 2.24) is 4.31 Å². The number of hydrogen-bond acceptors (Lipinski definition) is 3. The van der Waals surface area contributed by atoms with Crippen LogP contribution in [0.1, 0.15) is 18.4 Å². The second-order valence-electron chi connectivity index (χ2n) is 5.71. The summed E-state index contributed by atoms with van der Waals surface area (Å²) in [7, 11) is -3.13. The first-order chi connectivity index (χ1) is 9.88. The number of benzene rings is 1. The lowest BCUT2D eigenvalue weighted by atomic mass is 10.0. The SMILES string of the molecule is Cc1cc(NC(=O)C2CN(S(=O)(=O)C3CC3)C2)ccc1Br. The summed E-state index contributed by atoms with van der Waals surface area (Å²) in [6, 6.07) is 5.60. The Kier molecular flexibility index (Phi) is 3.83. The molecule has 0 unspecified atom stereocenters. The van der Waals surface area contributed by atoms with Gasteiger partial charge in [-0.1, -0.05) is 15.9 Å². The van der Waals surface area contributed by atoms with Gasteiger partial charge in [0.2, 0.25) is 15.9 Å². The number of amides is 1. The zero-order chi connectivity index (χ0) is 15.2. The number of carbonyl (C=O) groups is 1. The highest BCUT2D eigenvalue weighted by Crippen LogP contribution is 2.34. The van der Waals surface area contributed by atoms with Crippen LogP contribution in [-0.2, 0) is 14.8 Å². The van der Waals surface area contributed by atoms with Crippen LogP contribution in [0.2, 0.25) is 0 Å². The van der Waals surface area contributed by atoms with Crippen LogP contribution >= 0.6 is 15.9 Å². The number of halogens is 1. The van der Waals surface area contributed by atoms with Crippen molar-refractivity contribution in [2.75, 3.05) is 18.4 Å². The quantitative estimate of drug-likeness (QED) is 0.879. The second kappa shape index (κ2) is 5.37. The van der Waals surface area contributed by atoms with Crippen molar-refractivity contribution < 1.29 is 13.2 Å². The molecule has 5 nitrogen and oxygen atoms in total. The van der Waals surface area contributed by atoms with Crippen molar-refractivity contribution in [3.63, 3.8) is 0 Å². The van der Waals surface area contributed by atoms with Crippen LogP contribution in [0.15, 0.2) is 22.7 Å². The molecule has 21 heavy (non-hydrogen) atoms. The lowest BCUT2D eigenvalue weighted by Gasteiger charge is -2.37. The molecule has 1 aliphatic heterocycles. The molecule has 1 aliphatic carbocycles. The molecule has 0 bridgehead atoms. The van der Waals surface area contributed by atoms with E-state index in [4.69, 9.17) is 0 Å². The van der Waals surface area contributed by atoms with Gasteiger partial charge in [-0.15, -0.1) is 0 Å². The summed E-state index contributed by atoms with van der Waals surface area (Å²) < 4.78 is 26.4. The molecule has 1 saturated carbocycles. The average molecular weight is 373 g/mol. The Bertz CT molecular complexity index is 679. The lowest BCUT2D eigenvalue weighted by molar-refractivity contribution is -0.122. The molecular weight excluding hydrogens is 356 g/mol. The van der Waals surface area contributed by atoms with E-state index in [1.54, 1.807) is 0 Å². The molecular formula is C14H17BrN2O3S. The maximum Gasteiger partial charge on any atom is 0.230 e. The van der Waals surface area contributed by atoms with Crippen molar-refractivity contribution in [3.8, 4) is 0 Å². The van der Waals surface area contributed by atoms with Gasteiger partial charge in [-0.3, -0.25) is 4.79 Å². The third-order valence-electron chi connectivity index (χ3n) is 3.95. The summed E-state index contributed by atoms with van der Waals surface area (Å²) >= 11 is 3.41. The van der Waals surface area contributed by atoms with Crippen LogP contribution in [0, 0.1) is 12.8 Å². The van der Waals surface area contributed by atoms with Gasteiger partial charge in [0.15, 0.2) is 0 Å². The number of hydrogen-bond donors (Lipinski definition) is 1. The first-order valence-corrected chi connectivity index (χ1v) is 9.23. The highest BCUT2D eigenvalue weighted by Gasteiger charge is 2.46. The Labute approximate surface area is 132 Å². The molecule has 0 atom stereocenters. The van der Waals surface area contributed by atoms with Gasteiger partial charge in [0.1, 0.15) is 0 Å². The monoisotopic (exact) mass is 372 g/mol. The van der Waals surface area contributed by atoms with E-state index in [1.807, 2.05) is 25.1 Å². The number of nitrogens with one attached hydrogen (secondary N) is 1. The predicted octanol–water partition coefficient (Wildman–Crippen LogP) is 2.12. The van der Waals surface area contributed by atoms with Gasteiger partial charge in [-0.2, -0.15) is 4.31 Å². The summed E-state index contributed by atoms with van der Waals surface area (Å²) in [5.74, 6) is -0.360. The molecule has 2 aliphatic rings. The molecule has 0 radical (unpaired) electrons. The topological polar surface area (TPSA) is 66.5 Å². The summed E-state index contributed by atoms with van der Waals surface area (Å²) in [4.78, 5) is 12.1. The van der Waals surface area contributed by atoms with E-state index in [-0.39, 0.29) is 17.1 Å². The van der Waals surface area contributed by atoms with Gasteiger partial charge in [0.05, 0.1) is 11.2 Å². The first-order valence-electron chi connectivity index (χ1n) is 6.94. The standard InChI is InChI=1S/C14H17BrN2O3S/c1-9-6-11(2-5-13(9)15)16-14(18)10-7-17(8-10)21(19,20)12-3-4-12/h2,5-6,10,12H,3-4,7-8H2,1H3,(H,16,18). The van der Waals surface area contributed by atoms with Crippen molar-refractivity contribution >= 4 is 37.5 Å². The minimum atomic E-state index is -3.13. The highest BCUT2D eigenvalue weighted by atomic mass is 79.9. The van der Waals surface area contributed by atoms with Gasteiger partial charge >= 0.3 is 0 Å². The summed E-state index contributed by atoms with van der Waals surface area (Å²) in [6.07, 6.45) is 1.52. The minimum absolute atomic E-state index is 0.112. The zero-order valence-corrected chi connectivity index (χ0v) is 14.1. The normalized spacial score (nSPS) is 20.1. The molecule has 2 fully saturated rings. The summed E-state index contributed by atoms with van der Waals surface area (Å²) in [5.41, 5.74) is 1.78. The Morgan fingerprint density at radius 3 is 2.57 bits per heavy atom. The zero-order valence-electron chi connectivity index (χ0n) is 11.7. The van der Waals surface area contributed by atoms with Gasteiger partial charge in [0, 0.05) is 23.2 Å². The molecule has 7 heteroatoms. The van der Waals surface area contributed by atoms with Crippen LogP contribution in [0.3, 0.4) is 0 Å². The summed E-state index contributed by atoms with van der Waals surface area (Å²) in [6.45, 7) is 2.56. The second-order valence-corrected chi connectivity index (χ2v) is 8.78. The molecule has 1 amide bonds. The average Bonchev–Trinajstić information content (AvgIpc) is 3.15. The number of sulfonamides is 1. The van der Waals surface area contributed by atoms with Crippen molar-refractivity contribution in [2.45, 2.75) is 25.0 Å². The number of carbonyl (C=O) groups excluding carboxylic acids is 1. The van der Waals surface area contributed by atoms with E-state index in [9.17, 15) is 13.2 Å². The van der Waals surface area contributed by atoms with Crippen LogP contribution in [0.25, 0.3) is 0 Å². The van der Waals surface area contributed by atoms with Crippen molar-refractivity contribution in [3.05, 3.63) is 28.2 Å². The van der Waals surface area contributed by atoms with E-state index < -0.39 is 10.0 Å². The van der Waals surface area contributed by atoms with E-state index in [1.165, 1.54) is 4.31 Å². The van der Waals surface area contributed by atoms with Gasteiger partial charge in [0.25, 0.3) is 0 Å². The molecule has 3 rings (SSSR count). The van der Waals surface area contributed by atoms with Gasteiger partial charge in [-0.05, 0) is 43.5 Å². The Morgan fingerprint density at radius 2 is 2.00 bits per heavy atom. The van der Waals surface area contributed by atoms with E-state index in [2.05, 4.69) is 21.2 Å². The van der Waals surface area contributed by atoms with Gasteiger partial charge in [-0.25, -0.2) is 8.42 Å². The fourth-order valence-corrected chi connectivity index (χ4v) is 4.53. The molecule has 1 N–H and O–H groups in total. The third-order valence-corrected chi connectivity index (χ3v) is 7.17. The number of anilines is 1. The Hall–Kier alpha value is -0.920. The lowest BCUT2D eigenvalue weighted by Crippen LogP contribution is -2.55. The van der Waals surface area contributed by atoms with Crippen LogP contribution < -0.4 is 5.32 Å². The van der Waals surface area contributed by atoms with Crippen molar-refractivity contribution in [1.29, 1.82) is 0 Å².